The SMILES string of the molecule is COCCC(=O)N[C@H]1CC[C@H](n2cnc3cnc4[nH]ccc4c32)CC1. The molecule has 1 aliphatic rings. The lowest BCUT2D eigenvalue weighted by Gasteiger charge is -2.30. The van der Waals surface area contributed by atoms with E-state index in [1.165, 1.54) is 0 Å². The number of nitrogens with zero attached hydrogens (tertiary/aromatic N) is 3. The standard InChI is InChI=1S/C18H23N5O2/c1-25-9-7-16(24)22-12-2-4-13(5-3-12)23-11-21-15-10-20-18-14(17(15)23)6-8-19-18/h6,8,10-13H,2-5,7,9H2,1H3,(H,19,20)(H,22,24)/t12-,13-. The second-order valence-corrected chi connectivity index (χ2v) is 6.70. The van der Waals surface area contributed by atoms with Gasteiger partial charge >= 0.3 is 0 Å². The smallest absolute Gasteiger partial charge is 0.222 e. The number of aromatic nitrogens is 4. The molecule has 0 aliphatic heterocycles. The molecule has 1 amide bonds. The van der Waals surface area contributed by atoms with Crippen molar-refractivity contribution in [2.24, 2.45) is 0 Å². The molecule has 3 aromatic heterocycles. The normalized spacial score (nSPS) is 21.0. The van der Waals surface area contributed by atoms with Crippen LogP contribution in [0.2, 0.25) is 0 Å². The van der Waals surface area contributed by atoms with Gasteiger partial charge in [-0.1, -0.05) is 0 Å². The molecule has 0 spiro atoms. The summed E-state index contributed by atoms with van der Waals surface area (Å²) in [5.41, 5.74) is 2.98. The third-order valence-corrected chi connectivity index (χ3v) is 5.11. The first-order valence-corrected chi connectivity index (χ1v) is 8.83. The van der Waals surface area contributed by atoms with Crippen LogP contribution in [0.5, 0.6) is 0 Å². The Morgan fingerprint density at radius 3 is 3.00 bits per heavy atom. The average Bonchev–Trinajstić information content (AvgIpc) is 3.26. The number of methoxy groups -OCH3 is 1. The van der Waals surface area contributed by atoms with Gasteiger partial charge in [0.25, 0.3) is 0 Å². The topological polar surface area (TPSA) is 84.8 Å². The molecule has 7 nitrogen and oxygen atoms in total. The van der Waals surface area contributed by atoms with Crippen LogP contribution < -0.4 is 5.32 Å². The summed E-state index contributed by atoms with van der Waals surface area (Å²) in [6.45, 7) is 0.475. The van der Waals surface area contributed by atoms with Crippen LogP contribution in [0.1, 0.15) is 38.1 Å². The Hall–Kier alpha value is -2.41. The summed E-state index contributed by atoms with van der Waals surface area (Å²) in [6, 6.07) is 2.74. The highest BCUT2D eigenvalue weighted by Gasteiger charge is 2.25. The van der Waals surface area contributed by atoms with E-state index in [0.717, 1.165) is 47.8 Å². The Bertz CT molecular complexity index is 876. The van der Waals surface area contributed by atoms with Crippen molar-refractivity contribution < 1.29 is 9.53 Å². The van der Waals surface area contributed by atoms with E-state index in [1.54, 1.807) is 7.11 Å². The van der Waals surface area contributed by atoms with E-state index >= 15 is 0 Å². The number of fused-ring (bicyclic) bond motifs is 3. The van der Waals surface area contributed by atoms with Crippen LogP contribution in [0, 0.1) is 0 Å². The molecule has 25 heavy (non-hydrogen) atoms. The number of hydrogen-bond donors (Lipinski definition) is 2. The van der Waals surface area contributed by atoms with Crippen LogP contribution in [-0.2, 0) is 9.53 Å². The molecule has 0 atom stereocenters. The van der Waals surface area contributed by atoms with Gasteiger partial charge in [0.15, 0.2) is 0 Å². The fourth-order valence-corrected chi connectivity index (χ4v) is 3.80. The van der Waals surface area contributed by atoms with E-state index in [1.807, 2.05) is 18.7 Å². The Morgan fingerprint density at radius 1 is 1.36 bits per heavy atom. The summed E-state index contributed by atoms with van der Waals surface area (Å²) in [4.78, 5) is 24.0. The summed E-state index contributed by atoms with van der Waals surface area (Å²) >= 11 is 0. The maximum Gasteiger partial charge on any atom is 0.222 e. The van der Waals surface area contributed by atoms with Crippen molar-refractivity contribution in [1.29, 1.82) is 0 Å². The number of hydrogen-bond acceptors (Lipinski definition) is 4. The van der Waals surface area contributed by atoms with Crippen molar-refractivity contribution in [3.8, 4) is 0 Å². The number of nitrogens with one attached hydrogen (secondary N) is 2. The zero-order chi connectivity index (χ0) is 17.2. The molecule has 0 radical (unpaired) electrons. The van der Waals surface area contributed by atoms with Gasteiger partial charge in [-0.25, -0.2) is 9.97 Å². The van der Waals surface area contributed by atoms with E-state index in [2.05, 4.69) is 30.9 Å². The van der Waals surface area contributed by atoms with Gasteiger partial charge < -0.3 is 19.6 Å². The number of ether oxygens (including phenoxy) is 1. The van der Waals surface area contributed by atoms with Crippen molar-refractivity contribution in [2.75, 3.05) is 13.7 Å². The molecular weight excluding hydrogens is 318 g/mol. The predicted octanol–water partition coefficient (Wildman–Crippen LogP) is 2.55. The lowest BCUT2D eigenvalue weighted by molar-refractivity contribution is -0.122. The third-order valence-electron chi connectivity index (χ3n) is 5.11. The number of amides is 1. The maximum atomic E-state index is 11.9. The van der Waals surface area contributed by atoms with E-state index in [9.17, 15) is 4.79 Å². The van der Waals surface area contributed by atoms with E-state index in [-0.39, 0.29) is 11.9 Å². The number of H-pyrrole nitrogens is 1. The molecule has 3 aromatic rings. The fraction of sp³-hybridized carbons (Fsp3) is 0.500. The van der Waals surface area contributed by atoms with Crippen molar-refractivity contribution in [2.45, 2.75) is 44.2 Å². The number of carbonyl (C=O) groups excluding carboxylic acids is 1. The van der Waals surface area contributed by atoms with Crippen LogP contribution in [0.3, 0.4) is 0 Å². The van der Waals surface area contributed by atoms with Gasteiger partial charge in [-0.05, 0) is 31.7 Å². The molecule has 0 bridgehead atoms. The van der Waals surface area contributed by atoms with Gasteiger partial charge in [-0.2, -0.15) is 0 Å². The zero-order valence-electron chi connectivity index (χ0n) is 14.4. The molecule has 1 saturated carbocycles. The molecule has 0 saturated heterocycles. The minimum atomic E-state index is 0.0819. The Morgan fingerprint density at radius 2 is 2.20 bits per heavy atom. The molecule has 1 aliphatic carbocycles. The first-order valence-electron chi connectivity index (χ1n) is 8.83. The quantitative estimate of drug-likeness (QED) is 0.747. The van der Waals surface area contributed by atoms with Gasteiger partial charge in [-0.3, -0.25) is 4.79 Å². The highest BCUT2D eigenvalue weighted by Crippen LogP contribution is 2.33. The number of pyridine rings is 1. The van der Waals surface area contributed by atoms with E-state index < -0.39 is 0 Å². The van der Waals surface area contributed by atoms with Crippen molar-refractivity contribution in [3.05, 3.63) is 24.8 Å². The van der Waals surface area contributed by atoms with E-state index in [4.69, 9.17) is 4.74 Å². The predicted molar refractivity (Wildman–Crippen MR) is 95.3 cm³/mol. The van der Waals surface area contributed by atoms with Crippen LogP contribution in [0.4, 0.5) is 0 Å². The first kappa shape index (κ1) is 16.1. The van der Waals surface area contributed by atoms with Crippen molar-refractivity contribution >= 4 is 28.0 Å². The number of aromatic amines is 1. The molecule has 2 N–H and O–H groups in total. The summed E-state index contributed by atoms with van der Waals surface area (Å²) < 4.78 is 7.25. The molecule has 4 rings (SSSR count). The van der Waals surface area contributed by atoms with Crippen LogP contribution in [0.25, 0.3) is 22.1 Å². The molecule has 1 fully saturated rings. The Labute approximate surface area is 145 Å². The van der Waals surface area contributed by atoms with Crippen LogP contribution in [-0.4, -0.2) is 45.2 Å². The van der Waals surface area contributed by atoms with Gasteiger partial charge in [0.2, 0.25) is 5.91 Å². The molecule has 132 valence electrons. The lowest BCUT2D eigenvalue weighted by Crippen LogP contribution is -2.38. The molecular formula is C18H23N5O2. The monoisotopic (exact) mass is 341 g/mol. The van der Waals surface area contributed by atoms with Gasteiger partial charge in [0.05, 0.1) is 24.6 Å². The second kappa shape index (κ2) is 6.84. The van der Waals surface area contributed by atoms with Gasteiger partial charge in [0.1, 0.15) is 11.2 Å². The van der Waals surface area contributed by atoms with Crippen molar-refractivity contribution in [1.82, 2.24) is 24.8 Å². The van der Waals surface area contributed by atoms with Crippen LogP contribution in [0.15, 0.2) is 24.8 Å². The first-order chi connectivity index (χ1) is 12.3. The van der Waals surface area contributed by atoms with Gasteiger partial charge in [0, 0.05) is 37.2 Å². The Balaban J connectivity index is 1.47. The lowest BCUT2D eigenvalue weighted by atomic mass is 9.90. The largest absolute Gasteiger partial charge is 0.384 e. The average molecular weight is 341 g/mol. The molecule has 7 heteroatoms. The minimum absolute atomic E-state index is 0.0819. The number of imidazole rings is 1. The number of carbonyl (C=O) groups is 1. The molecule has 0 aromatic carbocycles. The summed E-state index contributed by atoms with van der Waals surface area (Å²) in [6.07, 6.45) is 10.2. The highest BCUT2D eigenvalue weighted by molar-refractivity contribution is 6.00. The third kappa shape index (κ3) is 3.11. The van der Waals surface area contributed by atoms with Crippen molar-refractivity contribution in [3.63, 3.8) is 0 Å². The summed E-state index contributed by atoms with van der Waals surface area (Å²) in [7, 11) is 1.62. The minimum Gasteiger partial charge on any atom is -0.384 e. The highest BCUT2D eigenvalue weighted by atomic mass is 16.5. The molecule has 0 unspecified atom stereocenters. The Kier molecular flexibility index (Phi) is 4.40. The summed E-state index contributed by atoms with van der Waals surface area (Å²) in [5, 5.41) is 4.24. The zero-order valence-corrected chi connectivity index (χ0v) is 14.4. The second-order valence-electron chi connectivity index (χ2n) is 6.70. The number of rotatable bonds is 5. The molecule has 3 heterocycles. The van der Waals surface area contributed by atoms with Gasteiger partial charge in [-0.15, -0.1) is 0 Å². The maximum absolute atomic E-state index is 11.9. The van der Waals surface area contributed by atoms with E-state index in [0.29, 0.717) is 19.1 Å². The summed E-state index contributed by atoms with van der Waals surface area (Å²) in [5.74, 6) is 0.0819. The van der Waals surface area contributed by atoms with Crippen LogP contribution >= 0.6 is 0 Å². The fourth-order valence-electron chi connectivity index (χ4n) is 3.80.